The monoisotopic (exact) mass is 317 g/mol. The van der Waals surface area contributed by atoms with E-state index in [1.807, 2.05) is 6.07 Å². The molecule has 0 fully saturated rings. The Morgan fingerprint density at radius 2 is 2.22 bits per heavy atom. The van der Waals surface area contributed by atoms with Crippen LogP contribution in [0.25, 0.3) is 0 Å². The molecule has 4 nitrogen and oxygen atoms in total. The van der Waals surface area contributed by atoms with Gasteiger partial charge in [0.2, 0.25) is 0 Å². The van der Waals surface area contributed by atoms with Gasteiger partial charge in [0.05, 0.1) is 11.1 Å². The topological polar surface area (TPSA) is 45.7 Å². The quantitative estimate of drug-likeness (QED) is 0.495. The largest absolute Gasteiger partial charge is 0.383 e. The van der Waals surface area contributed by atoms with E-state index in [0.717, 1.165) is 5.56 Å². The van der Waals surface area contributed by atoms with Gasteiger partial charge in [0.15, 0.2) is 5.96 Å². The number of aliphatic imine (C=N–C) groups is 1. The molecule has 0 amide bonds. The van der Waals surface area contributed by atoms with Gasteiger partial charge in [-0.2, -0.15) is 0 Å². The summed E-state index contributed by atoms with van der Waals surface area (Å²) in [5.74, 6) is 0.395. The molecular weight excluding hydrogens is 301 g/mol. The van der Waals surface area contributed by atoms with Crippen molar-refractivity contribution in [1.29, 1.82) is 0 Å². The highest BCUT2D eigenvalue weighted by Crippen LogP contribution is 2.16. The predicted molar refractivity (Wildman–Crippen MR) is 74.2 cm³/mol. The molecule has 1 aromatic rings. The summed E-state index contributed by atoms with van der Waals surface area (Å²) in [6.45, 7) is 1.79. The molecule has 100 valence electrons. The van der Waals surface area contributed by atoms with Crippen LogP contribution < -0.4 is 10.6 Å². The van der Waals surface area contributed by atoms with Crippen LogP contribution in [0.3, 0.4) is 0 Å². The Kier molecular flexibility index (Phi) is 6.67. The molecule has 0 heterocycles. The summed E-state index contributed by atoms with van der Waals surface area (Å²) in [5.41, 5.74) is 0.852. The van der Waals surface area contributed by atoms with Gasteiger partial charge in [0.1, 0.15) is 5.82 Å². The fourth-order valence-corrected chi connectivity index (χ4v) is 1.57. The minimum Gasteiger partial charge on any atom is -0.383 e. The average Bonchev–Trinajstić information content (AvgIpc) is 2.37. The molecule has 0 aliphatic rings. The maximum absolute atomic E-state index is 13.3. The molecule has 0 spiro atoms. The van der Waals surface area contributed by atoms with Gasteiger partial charge in [-0.1, -0.05) is 6.07 Å². The van der Waals surface area contributed by atoms with Crippen LogP contribution in [0.4, 0.5) is 4.39 Å². The third-order valence-electron chi connectivity index (χ3n) is 2.27. The molecule has 0 bridgehead atoms. The van der Waals surface area contributed by atoms with E-state index in [9.17, 15) is 4.39 Å². The lowest BCUT2D eigenvalue weighted by molar-refractivity contribution is 0.203. The molecule has 0 saturated heterocycles. The lowest BCUT2D eigenvalue weighted by Gasteiger charge is -2.11. The molecule has 18 heavy (non-hydrogen) atoms. The van der Waals surface area contributed by atoms with Crippen LogP contribution >= 0.6 is 15.9 Å². The molecule has 0 aliphatic heterocycles. The summed E-state index contributed by atoms with van der Waals surface area (Å²) < 4.78 is 18.7. The smallest absolute Gasteiger partial charge is 0.191 e. The van der Waals surface area contributed by atoms with Gasteiger partial charge in [-0.25, -0.2) is 4.39 Å². The number of nitrogens with one attached hydrogen (secondary N) is 2. The second kappa shape index (κ2) is 8.05. The number of rotatable bonds is 5. The number of hydrogen-bond acceptors (Lipinski definition) is 2. The standard InChI is InChI=1S/C12H17BrFN3O/c1-15-12(16-5-6-18-2)17-8-9-3-4-10(13)11(14)7-9/h3-4,7H,5-6,8H2,1-2H3,(H2,15,16,17). The van der Waals surface area contributed by atoms with Crippen molar-refractivity contribution >= 4 is 21.9 Å². The molecule has 0 aliphatic carbocycles. The van der Waals surface area contributed by atoms with Crippen LogP contribution in [0, 0.1) is 5.82 Å². The molecule has 1 rings (SSSR count). The first kappa shape index (κ1) is 14.9. The third-order valence-corrected chi connectivity index (χ3v) is 2.91. The van der Waals surface area contributed by atoms with Gasteiger partial charge in [0.25, 0.3) is 0 Å². The molecule has 0 unspecified atom stereocenters. The van der Waals surface area contributed by atoms with Crippen molar-refractivity contribution < 1.29 is 9.13 Å². The Morgan fingerprint density at radius 1 is 1.44 bits per heavy atom. The fraction of sp³-hybridized carbons (Fsp3) is 0.417. The molecule has 6 heteroatoms. The van der Waals surface area contributed by atoms with Crippen molar-refractivity contribution in [3.05, 3.63) is 34.1 Å². The highest BCUT2D eigenvalue weighted by molar-refractivity contribution is 9.10. The summed E-state index contributed by atoms with van der Waals surface area (Å²) >= 11 is 3.12. The van der Waals surface area contributed by atoms with Crippen molar-refractivity contribution in [1.82, 2.24) is 10.6 Å². The predicted octanol–water partition coefficient (Wildman–Crippen LogP) is 1.90. The van der Waals surface area contributed by atoms with Crippen LogP contribution in [0.5, 0.6) is 0 Å². The molecule has 2 N–H and O–H groups in total. The summed E-state index contributed by atoms with van der Waals surface area (Å²) in [4.78, 5) is 4.05. The SMILES string of the molecule is CN=C(NCCOC)NCc1ccc(Br)c(F)c1. The summed E-state index contributed by atoms with van der Waals surface area (Å²) in [6, 6.07) is 5.02. The second-order valence-electron chi connectivity index (χ2n) is 3.59. The molecule has 0 saturated carbocycles. The van der Waals surface area contributed by atoms with E-state index in [4.69, 9.17) is 4.74 Å². The highest BCUT2D eigenvalue weighted by atomic mass is 79.9. The average molecular weight is 318 g/mol. The van der Waals surface area contributed by atoms with E-state index in [-0.39, 0.29) is 5.82 Å². The minimum atomic E-state index is -0.267. The lowest BCUT2D eigenvalue weighted by atomic mass is 10.2. The van der Waals surface area contributed by atoms with Gasteiger partial charge in [-0.3, -0.25) is 4.99 Å². The lowest BCUT2D eigenvalue weighted by Crippen LogP contribution is -2.38. The Hall–Kier alpha value is -1.14. The summed E-state index contributed by atoms with van der Waals surface area (Å²) in [7, 11) is 3.33. The zero-order chi connectivity index (χ0) is 13.4. The Balaban J connectivity index is 2.45. The first-order valence-corrected chi connectivity index (χ1v) is 6.34. The van der Waals surface area contributed by atoms with E-state index >= 15 is 0 Å². The minimum absolute atomic E-state index is 0.267. The fourth-order valence-electron chi connectivity index (χ4n) is 1.33. The van der Waals surface area contributed by atoms with Crippen molar-refractivity contribution in [2.75, 3.05) is 27.3 Å². The zero-order valence-corrected chi connectivity index (χ0v) is 12.1. The third kappa shape index (κ3) is 5.01. The van der Waals surface area contributed by atoms with Gasteiger partial charge in [0, 0.05) is 27.2 Å². The molecule has 0 radical (unpaired) electrons. The maximum atomic E-state index is 13.3. The number of nitrogens with zero attached hydrogens (tertiary/aromatic N) is 1. The van der Waals surface area contributed by atoms with E-state index in [1.54, 1.807) is 20.2 Å². The van der Waals surface area contributed by atoms with Gasteiger partial charge in [-0.15, -0.1) is 0 Å². The van der Waals surface area contributed by atoms with Crippen molar-refractivity contribution in [3.63, 3.8) is 0 Å². The first-order chi connectivity index (χ1) is 8.67. The van der Waals surface area contributed by atoms with Gasteiger partial charge >= 0.3 is 0 Å². The van der Waals surface area contributed by atoms with Crippen molar-refractivity contribution in [3.8, 4) is 0 Å². The highest BCUT2D eigenvalue weighted by Gasteiger charge is 2.02. The molecule has 0 atom stereocenters. The Labute approximate surface area is 115 Å². The van der Waals surface area contributed by atoms with Crippen LogP contribution in [-0.2, 0) is 11.3 Å². The number of ether oxygens (including phenoxy) is 1. The Morgan fingerprint density at radius 3 is 2.83 bits per heavy atom. The van der Waals surface area contributed by atoms with E-state index < -0.39 is 0 Å². The first-order valence-electron chi connectivity index (χ1n) is 5.54. The molecule has 1 aromatic carbocycles. The van der Waals surface area contributed by atoms with Crippen LogP contribution in [0.2, 0.25) is 0 Å². The number of methoxy groups -OCH3 is 1. The normalized spacial score (nSPS) is 11.4. The van der Waals surface area contributed by atoms with E-state index in [2.05, 4.69) is 31.6 Å². The van der Waals surface area contributed by atoms with Crippen LogP contribution in [-0.4, -0.2) is 33.3 Å². The Bertz CT molecular complexity index is 412. The zero-order valence-electron chi connectivity index (χ0n) is 10.5. The number of hydrogen-bond donors (Lipinski definition) is 2. The van der Waals surface area contributed by atoms with Gasteiger partial charge < -0.3 is 15.4 Å². The number of guanidine groups is 1. The van der Waals surface area contributed by atoms with Crippen molar-refractivity contribution in [2.24, 2.45) is 4.99 Å². The summed E-state index contributed by atoms with van der Waals surface area (Å²) in [6.07, 6.45) is 0. The van der Waals surface area contributed by atoms with Crippen LogP contribution in [0.1, 0.15) is 5.56 Å². The van der Waals surface area contributed by atoms with E-state index in [0.29, 0.717) is 30.1 Å². The number of benzene rings is 1. The van der Waals surface area contributed by atoms with Crippen molar-refractivity contribution in [2.45, 2.75) is 6.54 Å². The maximum Gasteiger partial charge on any atom is 0.191 e. The second-order valence-corrected chi connectivity index (χ2v) is 4.45. The molecule has 0 aromatic heterocycles. The van der Waals surface area contributed by atoms with Crippen LogP contribution in [0.15, 0.2) is 27.7 Å². The van der Waals surface area contributed by atoms with E-state index in [1.165, 1.54) is 6.07 Å². The van der Waals surface area contributed by atoms with Gasteiger partial charge in [-0.05, 0) is 33.6 Å². The molecular formula is C12H17BrFN3O. The summed E-state index contributed by atoms with van der Waals surface area (Å²) in [5, 5.41) is 6.17. The number of halogens is 2.